The van der Waals surface area contributed by atoms with Gasteiger partial charge in [-0.25, -0.2) is 8.42 Å². The molecule has 1 saturated heterocycles. The van der Waals surface area contributed by atoms with Crippen LogP contribution in [-0.4, -0.2) is 32.4 Å². The first-order valence-electron chi connectivity index (χ1n) is 7.22. The Kier molecular flexibility index (Phi) is 4.88. The molecule has 1 N–H and O–H groups in total. The van der Waals surface area contributed by atoms with E-state index in [0.717, 1.165) is 25.7 Å². The molecule has 1 aliphatic heterocycles. The largest absolute Gasteiger partial charge is 0.464 e. The molecule has 114 valence electrons. The number of nitrogens with one attached hydrogen (secondary N) is 1. The molecule has 1 fully saturated rings. The highest BCUT2D eigenvalue weighted by Gasteiger charge is 2.32. The lowest BCUT2D eigenvalue weighted by Gasteiger charge is -2.25. The molecule has 0 aromatic carbocycles. The predicted molar refractivity (Wildman–Crippen MR) is 78.0 cm³/mol. The molecule has 0 aliphatic carbocycles. The Bertz CT molecular complexity index is 551. The smallest absolute Gasteiger partial charge is 0.246 e. The summed E-state index contributed by atoms with van der Waals surface area (Å²) in [5.41, 5.74) is 0. The van der Waals surface area contributed by atoms with Gasteiger partial charge in [-0.1, -0.05) is 12.8 Å². The third-order valence-electron chi connectivity index (χ3n) is 3.85. The number of hydrogen-bond donors (Lipinski definition) is 1. The molecule has 0 radical (unpaired) electrons. The highest BCUT2D eigenvalue weighted by molar-refractivity contribution is 7.89. The van der Waals surface area contributed by atoms with Crippen LogP contribution in [0, 0.1) is 6.92 Å². The van der Waals surface area contributed by atoms with Crippen LogP contribution in [0.5, 0.6) is 0 Å². The summed E-state index contributed by atoms with van der Waals surface area (Å²) in [6.07, 6.45) is 4.07. The Morgan fingerprint density at radius 2 is 2.15 bits per heavy atom. The van der Waals surface area contributed by atoms with Crippen molar-refractivity contribution in [1.82, 2.24) is 9.62 Å². The first kappa shape index (κ1) is 15.5. The normalized spacial score (nSPS) is 21.9. The van der Waals surface area contributed by atoms with Crippen LogP contribution in [0.2, 0.25) is 0 Å². The number of nitrogens with zero attached hydrogens (tertiary/aromatic N) is 1. The summed E-state index contributed by atoms with van der Waals surface area (Å²) in [4.78, 5) is 0.316. The van der Waals surface area contributed by atoms with Crippen LogP contribution < -0.4 is 5.32 Å². The molecule has 0 bridgehead atoms. The van der Waals surface area contributed by atoms with Crippen molar-refractivity contribution in [2.45, 2.75) is 57.0 Å². The molecular formula is C14H24N2O3S. The fourth-order valence-electron chi connectivity index (χ4n) is 2.77. The van der Waals surface area contributed by atoms with Gasteiger partial charge in [-0.2, -0.15) is 4.31 Å². The minimum absolute atomic E-state index is 0.0598. The highest BCUT2D eigenvalue weighted by Crippen LogP contribution is 2.28. The van der Waals surface area contributed by atoms with Crippen molar-refractivity contribution in [2.24, 2.45) is 0 Å². The molecule has 5 nitrogen and oxygen atoms in total. The van der Waals surface area contributed by atoms with Crippen molar-refractivity contribution in [1.29, 1.82) is 0 Å². The lowest BCUT2D eigenvalue weighted by molar-refractivity contribution is 0.341. The average Bonchev–Trinajstić information content (AvgIpc) is 2.61. The second kappa shape index (κ2) is 6.28. The average molecular weight is 300 g/mol. The molecule has 0 saturated carbocycles. The zero-order valence-corrected chi connectivity index (χ0v) is 13.3. The van der Waals surface area contributed by atoms with E-state index in [9.17, 15) is 8.42 Å². The lowest BCUT2D eigenvalue weighted by atomic mass is 10.1. The van der Waals surface area contributed by atoms with Crippen LogP contribution in [0.15, 0.2) is 15.4 Å². The maximum atomic E-state index is 12.8. The van der Waals surface area contributed by atoms with Gasteiger partial charge in [0.05, 0.1) is 6.54 Å². The summed E-state index contributed by atoms with van der Waals surface area (Å²) < 4.78 is 32.8. The molecule has 1 aliphatic rings. The van der Waals surface area contributed by atoms with Gasteiger partial charge in [-0.05, 0) is 33.7 Å². The van der Waals surface area contributed by atoms with E-state index in [-0.39, 0.29) is 6.04 Å². The molecule has 20 heavy (non-hydrogen) atoms. The van der Waals surface area contributed by atoms with Crippen molar-refractivity contribution in [2.75, 3.05) is 13.6 Å². The van der Waals surface area contributed by atoms with E-state index in [1.165, 1.54) is 0 Å². The van der Waals surface area contributed by atoms with Gasteiger partial charge in [-0.3, -0.25) is 0 Å². The number of sulfonamides is 1. The molecule has 2 heterocycles. The van der Waals surface area contributed by atoms with Gasteiger partial charge in [0.2, 0.25) is 10.0 Å². The molecule has 6 heteroatoms. The summed E-state index contributed by atoms with van der Waals surface area (Å²) in [5, 5.41) is 2.97. The van der Waals surface area contributed by atoms with E-state index >= 15 is 0 Å². The Hall–Kier alpha value is -0.850. The van der Waals surface area contributed by atoms with Gasteiger partial charge in [0, 0.05) is 18.7 Å². The molecular weight excluding hydrogens is 276 g/mol. The second-order valence-electron chi connectivity index (χ2n) is 5.48. The van der Waals surface area contributed by atoms with E-state index < -0.39 is 10.0 Å². The van der Waals surface area contributed by atoms with Crippen LogP contribution in [0.3, 0.4) is 0 Å². The van der Waals surface area contributed by atoms with Crippen LogP contribution in [0.1, 0.15) is 44.1 Å². The Morgan fingerprint density at radius 1 is 1.40 bits per heavy atom. The third kappa shape index (κ3) is 3.07. The molecule has 1 atom stereocenters. The molecule has 2 rings (SSSR count). The van der Waals surface area contributed by atoms with Crippen molar-refractivity contribution in [3.05, 3.63) is 17.6 Å². The van der Waals surface area contributed by atoms with Crippen LogP contribution in [0.4, 0.5) is 0 Å². The SMILES string of the molecule is CNCc1cc(S(=O)(=O)N2CCCCCC2C)c(C)o1. The number of hydrogen-bond acceptors (Lipinski definition) is 4. The van der Waals surface area contributed by atoms with Crippen molar-refractivity contribution < 1.29 is 12.8 Å². The fourth-order valence-corrected chi connectivity index (χ4v) is 4.66. The van der Waals surface area contributed by atoms with Gasteiger partial charge in [0.15, 0.2) is 0 Å². The summed E-state index contributed by atoms with van der Waals surface area (Å²) >= 11 is 0. The monoisotopic (exact) mass is 300 g/mol. The third-order valence-corrected chi connectivity index (χ3v) is 5.97. The van der Waals surface area contributed by atoms with Gasteiger partial charge < -0.3 is 9.73 Å². The van der Waals surface area contributed by atoms with E-state index in [1.54, 1.807) is 17.3 Å². The molecule has 1 aromatic rings. The number of rotatable bonds is 4. The second-order valence-corrected chi connectivity index (χ2v) is 7.34. The van der Waals surface area contributed by atoms with Crippen molar-refractivity contribution in [3.63, 3.8) is 0 Å². The Balaban J connectivity index is 2.33. The fraction of sp³-hybridized carbons (Fsp3) is 0.714. The standard InChI is InChI=1S/C14H24N2O3S/c1-11-7-5-4-6-8-16(11)20(17,18)14-9-13(10-15-3)19-12(14)2/h9,11,15H,4-8,10H2,1-3H3. The first-order valence-corrected chi connectivity index (χ1v) is 8.66. The van der Waals surface area contributed by atoms with Crippen LogP contribution in [-0.2, 0) is 16.6 Å². The van der Waals surface area contributed by atoms with Gasteiger partial charge in [-0.15, -0.1) is 0 Å². The topological polar surface area (TPSA) is 62.6 Å². The van der Waals surface area contributed by atoms with E-state index in [0.29, 0.717) is 29.5 Å². The molecule has 1 aromatic heterocycles. The minimum atomic E-state index is -3.45. The quantitative estimate of drug-likeness (QED) is 0.926. The van der Waals surface area contributed by atoms with Crippen molar-refractivity contribution in [3.8, 4) is 0 Å². The summed E-state index contributed by atoms with van der Waals surface area (Å²) in [5.74, 6) is 1.14. The first-order chi connectivity index (χ1) is 9.46. The lowest BCUT2D eigenvalue weighted by Crippen LogP contribution is -2.38. The maximum absolute atomic E-state index is 12.8. The van der Waals surface area contributed by atoms with Crippen LogP contribution in [0.25, 0.3) is 0 Å². The zero-order valence-electron chi connectivity index (χ0n) is 12.5. The minimum Gasteiger partial charge on any atom is -0.464 e. The maximum Gasteiger partial charge on any atom is 0.246 e. The number of aryl methyl sites for hydroxylation is 1. The van der Waals surface area contributed by atoms with Gasteiger partial charge in [0.25, 0.3) is 0 Å². The van der Waals surface area contributed by atoms with E-state index in [4.69, 9.17) is 4.42 Å². The summed E-state index contributed by atoms with van der Waals surface area (Å²) in [6.45, 7) is 4.85. The van der Waals surface area contributed by atoms with Crippen LogP contribution >= 0.6 is 0 Å². The summed E-state index contributed by atoms with van der Waals surface area (Å²) in [7, 11) is -1.64. The summed E-state index contributed by atoms with van der Waals surface area (Å²) in [6, 6.07) is 1.71. The van der Waals surface area contributed by atoms with Gasteiger partial charge in [0.1, 0.15) is 16.4 Å². The Morgan fingerprint density at radius 3 is 2.85 bits per heavy atom. The van der Waals surface area contributed by atoms with E-state index in [1.807, 2.05) is 14.0 Å². The van der Waals surface area contributed by atoms with Crippen molar-refractivity contribution >= 4 is 10.0 Å². The molecule has 1 unspecified atom stereocenters. The van der Waals surface area contributed by atoms with E-state index in [2.05, 4.69) is 5.32 Å². The zero-order chi connectivity index (χ0) is 14.8. The highest BCUT2D eigenvalue weighted by atomic mass is 32.2. The Labute approximate surface area is 121 Å². The number of furan rings is 1. The predicted octanol–water partition coefficient (Wildman–Crippen LogP) is 2.26. The molecule has 0 spiro atoms. The van der Waals surface area contributed by atoms with Gasteiger partial charge >= 0.3 is 0 Å². The molecule has 0 amide bonds.